The lowest BCUT2D eigenvalue weighted by atomic mass is 9.86. The van der Waals surface area contributed by atoms with Gasteiger partial charge in [-0.2, -0.15) is 4.31 Å². The van der Waals surface area contributed by atoms with Gasteiger partial charge in [0.15, 0.2) is 0 Å². The molecule has 1 fully saturated rings. The number of H-pyrrole nitrogens is 2. The molecule has 27 heavy (non-hydrogen) atoms. The number of rotatable bonds is 2. The van der Waals surface area contributed by atoms with Crippen molar-refractivity contribution in [2.45, 2.75) is 29.8 Å². The summed E-state index contributed by atoms with van der Waals surface area (Å²) >= 11 is 1.71. The molecule has 1 aromatic carbocycles. The highest BCUT2D eigenvalue weighted by Crippen LogP contribution is 2.44. The molecular formula is C18H19N3O4S2. The molecule has 0 radical (unpaired) electrons. The third-order valence-corrected chi connectivity index (χ3v) is 8.60. The van der Waals surface area contributed by atoms with Gasteiger partial charge in [0.1, 0.15) is 5.60 Å². The van der Waals surface area contributed by atoms with E-state index in [4.69, 9.17) is 4.74 Å². The van der Waals surface area contributed by atoms with Crippen molar-refractivity contribution in [3.05, 3.63) is 50.6 Å². The van der Waals surface area contributed by atoms with E-state index in [-0.39, 0.29) is 16.2 Å². The molecule has 0 atom stereocenters. The molecule has 2 N–H and O–H groups in total. The summed E-state index contributed by atoms with van der Waals surface area (Å²) in [7, 11) is -3.62. The van der Waals surface area contributed by atoms with Crippen molar-refractivity contribution in [3.8, 4) is 0 Å². The van der Waals surface area contributed by atoms with Crippen molar-refractivity contribution in [3.63, 3.8) is 0 Å². The summed E-state index contributed by atoms with van der Waals surface area (Å²) in [5.41, 5.74) is 1.74. The number of hydrogen-bond acceptors (Lipinski definition) is 5. The number of sulfonamides is 1. The van der Waals surface area contributed by atoms with E-state index in [2.05, 4.69) is 21.4 Å². The minimum atomic E-state index is -3.62. The second-order valence-electron chi connectivity index (χ2n) is 7.06. The Hall–Kier alpha value is -1.94. The Morgan fingerprint density at radius 3 is 2.70 bits per heavy atom. The molecule has 142 valence electrons. The summed E-state index contributed by atoms with van der Waals surface area (Å²) in [6.07, 6.45) is 2.24. The largest absolute Gasteiger partial charge is 0.369 e. The lowest BCUT2D eigenvalue weighted by molar-refractivity contribution is -0.0861. The van der Waals surface area contributed by atoms with Gasteiger partial charge in [0.25, 0.3) is 0 Å². The van der Waals surface area contributed by atoms with Gasteiger partial charge in [-0.3, -0.25) is 0 Å². The number of benzene rings is 1. The summed E-state index contributed by atoms with van der Waals surface area (Å²) in [5, 5.41) is 2.09. The van der Waals surface area contributed by atoms with Gasteiger partial charge in [-0.05, 0) is 54.5 Å². The van der Waals surface area contributed by atoms with E-state index < -0.39 is 10.0 Å². The van der Waals surface area contributed by atoms with Crippen LogP contribution in [0.1, 0.15) is 23.3 Å². The Balaban J connectivity index is 1.42. The van der Waals surface area contributed by atoms with E-state index in [1.165, 1.54) is 20.8 Å². The van der Waals surface area contributed by atoms with Crippen LogP contribution in [0.2, 0.25) is 0 Å². The Kier molecular flexibility index (Phi) is 3.84. The normalized spacial score (nSPS) is 20.1. The molecule has 0 aliphatic carbocycles. The molecule has 9 heteroatoms. The van der Waals surface area contributed by atoms with Crippen LogP contribution in [0.5, 0.6) is 0 Å². The van der Waals surface area contributed by atoms with Crippen molar-refractivity contribution in [1.29, 1.82) is 0 Å². The highest BCUT2D eigenvalue weighted by Gasteiger charge is 2.44. The summed E-state index contributed by atoms with van der Waals surface area (Å²) in [4.78, 5) is 18.1. The Labute approximate surface area is 160 Å². The van der Waals surface area contributed by atoms with E-state index in [1.807, 2.05) is 0 Å². The SMILES string of the molecule is O=c1[nH]c2ccc(S(=O)(=O)N3CCC4(CC3)OCCc3ccsc34)cc2[nH]1. The Morgan fingerprint density at radius 1 is 1.11 bits per heavy atom. The minimum Gasteiger partial charge on any atom is -0.369 e. The van der Waals surface area contributed by atoms with E-state index in [0.29, 0.717) is 43.6 Å². The summed E-state index contributed by atoms with van der Waals surface area (Å²) < 4.78 is 33.9. The molecular weight excluding hydrogens is 386 g/mol. The molecule has 2 aliphatic heterocycles. The average Bonchev–Trinajstić information content (AvgIpc) is 3.28. The first-order valence-electron chi connectivity index (χ1n) is 8.91. The molecule has 0 saturated carbocycles. The molecule has 0 unspecified atom stereocenters. The van der Waals surface area contributed by atoms with Crippen LogP contribution in [0.3, 0.4) is 0 Å². The van der Waals surface area contributed by atoms with Gasteiger partial charge in [-0.1, -0.05) is 0 Å². The molecule has 4 heterocycles. The zero-order chi connectivity index (χ0) is 18.6. The molecule has 0 bridgehead atoms. The number of nitrogens with one attached hydrogen (secondary N) is 2. The Bertz CT molecular complexity index is 1170. The average molecular weight is 406 g/mol. The monoisotopic (exact) mass is 405 g/mol. The van der Waals surface area contributed by atoms with Gasteiger partial charge >= 0.3 is 5.69 Å². The predicted molar refractivity (Wildman–Crippen MR) is 103 cm³/mol. The first kappa shape index (κ1) is 17.2. The van der Waals surface area contributed by atoms with Crippen LogP contribution in [-0.2, 0) is 26.8 Å². The first-order chi connectivity index (χ1) is 13.0. The van der Waals surface area contributed by atoms with Gasteiger partial charge in [0, 0.05) is 18.0 Å². The van der Waals surface area contributed by atoms with Crippen LogP contribution >= 0.6 is 11.3 Å². The fourth-order valence-electron chi connectivity index (χ4n) is 4.13. The summed E-state index contributed by atoms with van der Waals surface area (Å²) in [5.74, 6) is 0. The van der Waals surface area contributed by atoms with E-state index >= 15 is 0 Å². The number of thiophene rings is 1. The standard InChI is InChI=1S/C18H19N3O4S2/c22-17-19-14-2-1-13(11-15(14)20-17)27(23,24)21-7-5-18(6-8-21)16-12(3-9-25-18)4-10-26-16/h1-2,4,10-11H,3,5-9H2,(H2,19,20,22). The number of aromatic nitrogens is 2. The number of hydrogen-bond donors (Lipinski definition) is 2. The van der Waals surface area contributed by atoms with E-state index in [1.54, 1.807) is 23.5 Å². The lowest BCUT2D eigenvalue weighted by Crippen LogP contribution is -2.47. The van der Waals surface area contributed by atoms with Crippen LogP contribution in [0, 0.1) is 0 Å². The maximum Gasteiger partial charge on any atom is 0.323 e. The minimum absolute atomic E-state index is 0.197. The van der Waals surface area contributed by atoms with Crippen LogP contribution in [0.15, 0.2) is 39.3 Å². The van der Waals surface area contributed by atoms with Crippen molar-refractivity contribution in [2.75, 3.05) is 19.7 Å². The van der Waals surface area contributed by atoms with Crippen LogP contribution in [0.4, 0.5) is 0 Å². The third kappa shape index (κ3) is 2.68. The highest BCUT2D eigenvalue weighted by atomic mass is 32.2. The number of piperidine rings is 1. The molecule has 0 amide bonds. The van der Waals surface area contributed by atoms with Crippen LogP contribution in [-0.4, -0.2) is 42.4 Å². The van der Waals surface area contributed by atoms with E-state index in [9.17, 15) is 13.2 Å². The number of fused-ring (bicyclic) bond motifs is 3. The predicted octanol–water partition coefficient (Wildman–Crippen LogP) is 2.17. The number of nitrogens with zero attached hydrogens (tertiary/aromatic N) is 1. The zero-order valence-electron chi connectivity index (χ0n) is 14.5. The van der Waals surface area contributed by atoms with Crippen molar-refractivity contribution < 1.29 is 13.2 Å². The molecule has 5 rings (SSSR count). The third-order valence-electron chi connectivity index (χ3n) is 5.57. The maximum absolute atomic E-state index is 13.1. The van der Waals surface area contributed by atoms with Crippen LogP contribution < -0.4 is 5.69 Å². The number of aromatic amines is 2. The number of ether oxygens (including phenoxy) is 1. The first-order valence-corrected chi connectivity index (χ1v) is 11.2. The maximum atomic E-state index is 13.1. The quantitative estimate of drug-likeness (QED) is 0.683. The van der Waals surface area contributed by atoms with Gasteiger partial charge in [-0.25, -0.2) is 13.2 Å². The fourth-order valence-corrected chi connectivity index (χ4v) is 6.77. The summed E-state index contributed by atoms with van der Waals surface area (Å²) in [6.45, 7) is 1.52. The molecule has 2 aliphatic rings. The fraction of sp³-hybridized carbons (Fsp3) is 0.389. The van der Waals surface area contributed by atoms with Gasteiger partial charge in [0.2, 0.25) is 10.0 Å². The molecule has 1 saturated heterocycles. The van der Waals surface area contributed by atoms with Crippen molar-refractivity contribution >= 4 is 32.4 Å². The number of imidazole rings is 1. The van der Waals surface area contributed by atoms with Gasteiger partial charge < -0.3 is 14.7 Å². The lowest BCUT2D eigenvalue weighted by Gasteiger charge is -2.43. The molecule has 1 spiro atoms. The highest BCUT2D eigenvalue weighted by molar-refractivity contribution is 7.89. The second kappa shape index (κ2) is 6.03. The van der Waals surface area contributed by atoms with Gasteiger partial charge in [0.05, 0.1) is 22.5 Å². The van der Waals surface area contributed by atoms with E-state index in [0.717, 1.165) is 6.42 Å². The Morgan fingerprint density at radius 2 is 1.89 bits per heavy atom. The molecule has 3 aromatic rings. The zero-order valence-corrected chi connectivity index (χ0v) is 16.2. The van der Waals surface area contributed by atoms with Gasteiger partial charge in [-0.15, -0.1) is 11.3 Å². The summed E-state index contributed by atoms with van der Waals surface area (Å²) in [6, 6.07) is 6.83. The topological polar surface area (TPSA) is 95.3 Å². The molecule has 7 nitrogen and oxygen atoms in total. The van der Waals surface area contributed by atoms with Crippen molar-refractivity contribution in [2.24, 2.45) is 0 Å². The molecule has 2 aromatic heterocycles. The smallest absolute Gasteiger partial charge is 0.323 e. The van der Waals surface area contributed by atoms with Crippen molar-refractivity contribution in [1.82, 2.24) is 14.3 Å². The second-order valence-corrected chi connectivity index (χ2v) is 9.91. The van der Waals surface area contributed by atoms with Crippen LogP contribution in [0.25, 0.3) is 11.0 Å².